The normalized spacial score (nSPS) is 24.6. The highest BCUT2D eigenvalue weighted by Crippen LogP contribution is 2.38. The molecule has 0 bridgehead atoms. The maximum absolute atomic E-state index is 5.93. The van der Waals surface area contributed by atoms with E-state index in [1.807, 2.05) is 13.0 Å². The third-order valence-electron chi connectivity index (χ3n) is 3.04. The van der Waals surface area contributed by atoms with Crippen molar-refractivity contribution in [3.8, 4) is 0 Å². The van der Waals surface area contributed by atoms with Crippen molar-refractivity contribution in [3.05, 3.63) is 23.3 Å². The number of hydrogen-bond donors (Lipinski definition) is 1. The zero-order valence-electron chi connectivity index (χ0n) is 11.2. The second kappa shape index (κ2) is 5.96. The SMILES string of the molecule is CCCC1(OCC)CC(OC)=C(N)C=C1OC. The highest BCUT2D eigenvalue weighted by atomic mass is 16.5. The van der Waals surface area contributed by atoms with Crippen molar-refractivity contribution in [2.75, 3.05) is 20.8 Å². The molecule has 0 radical (unpaired) electrons. The van der Waals surface area contributed by atoms with Gasteiger partial charge in [-0.3, -0.25) is 0 Å². The molecule has 0 aliphatic heterocycles. The summed E-state index contributed by atoms with van der Waals surface area (Å²) in [5.74, 6) is 1.56. The fourth-order valence-corrected chi connectivity index (χ4v) is 2.32. The first-order valence-corrected chi connectivity index (χ1v) is 6.06. The molecule has 17 heavy (non-hydrogen) atoms. The van der Waals surface area contributed by atoms with Crippen LogP contribution in [-0.4, -0.2) is 26.4 Å². The molecular weight excluding hydrogens is 218 g/mol. The topological polar surface area (TPSA) is 53.7 Å². The van der Waals surface area contributed by atoms with Crippen molar-refractivity contribution < 1.29 is 14.2 Å². The maximum atomic E-state index is 5.93. The molecule has 0 spiro atoms. The van der Waals surface area contributed by atoms with Gasteiger partial charge in [0.15, 0.2) is 0 Å². The van der Waals surface area contributed by atoms with Crippen LogP contribution in [0.15, 0.2) is 23.3 Å². The van der Waals surface area contributed by atoms with Gasteiger partial charge in [-0.1, -0.05) is 13.3 Å². The van der Waals surface area contributed by atoms with Crippen LogP contribution in [0, 0.1) is 0 Å². The third-order valence-corrected chi connectivity index (χ3v) is 3.04. The van der Waals surface area contributed by atoms with Crippen molar-refractivity contribution in [1.82, 2.24) is 0 Å². The highest BCUT2D eigenvalue weighted by Gasteiger charge is 2.40. The molecule has 1 rings (SSSR count). The highest BCUT2D eigenvalue weighted by molar-refractivity contribution is 5.33. The molecule has 0 saturated carbocycles. The summed E-state index contributed by atoms with van der Waals surface area (Å²) in [4.78, 5) is 0. The van der Waals surface area contributed by atoms with E-state index < -0.39 is 5.60 Å². The fraction of sp³-hybridized carbons (Fsp3) is 0.692. The van der Waals surface area contributed by atoms with Crippen molar-refractivity contribution >= 4 is 0 Å². The lowest BCUT2D eigenvalue weighted by Crippen LogP contribution is -2.39. The van der Waals surface area contributed by atoms with Gasteiger partial charge < -0.3 is 19.9 Å². The molecule has 98 valence electrons. The van der Waals surface area contributed by atoms with Gasteiger partial charge in [0.1, 0.15) is 17.1 Å². The Bertz CT molecular complexity index is 315. The Hall–Kier alpha value is -1.16. The average molecular weight is 241 g/mol. The van der Waals surface area contributed by atoms with Gasteiger partial charge in [0.05, 0.1) is 19.9 Å². The third kappa shape index (κ3) is 2.75. The monoisotopic (exact) mass is 241 g/mol. The van der Waals surface area contributed by atoms with E-state index in [4.69, 9.17) is 19.9 Å². The largest absolute Gasteiger partial charge is 0.499 e. The molecule has 0 heterocycles. The van der Waals surface area contributed by atoms with Crippen LogP contribution in [0.25, 0.3) is 0 Å². The molecule has 0 amide bonds. The number of hydrogen-bond acceptors (Lipinski definition) is 4. The van der Waals surface area contributed by atoms with Crippen LogP contribution >= 0.6 is 0 Å². The summed E-state index contributed by atoms with van der Waals surface area (Å²) in [5.41, 5.74) is 6.11. The minimum atomic E-state index is -0.424. The van der Waals surface area contributed by atoms with Gasteiger partial charge in [-0.15, -0.1) is 0 Å². The lowest BCUT2D eigenvalue weighted by Gasteiger charge is -2.37. The first-order chi connectivity index (χ1) is 8.13. The Balaban J connectivity index is 3.09. The summed E-state index contributed by atoms with van der Waals surface area (Å²) >= 11 is 0. The summed E-state index contributed by atoms with van der Waals surface area (Å²) < 4.78 is 16.7. The average Bonchev–Trinajstić information content (AvgIpc) is 2.32. The summed E-state index contributed by atoms with van der Waals surface area (Å²) in [7, 11) is 3.29. The van der Waals surface area contributed by atoms with E-state index >= 15 is 0 Å². The van der Waals surface area contributed by atoms with Crippen molar-refractivity contribution in [3.63, 3.8) is 0 Å². The van der Waals surface area contributed by atoms with Gasteiger partial charge >= 0.3 is 0 Å². The maximum Gasteiger partial charge on any atom is 0.132 e. The summed E-state index contributed by atoms with van der Waals surface area (Å²) in [6.45, 7) is 4.75. The van der Waals surface area contributed by atoms with Crippen molar-refractivity contribution in [1.29, 1.82) is 0 Å². The molecule has 1 atom stereocenters. The molecule has 2 N–H and O–H groups in total. The van der Waals surface area contributed by atoms with Crippen LogP contribution in [0.4, 0.5) is 0 Å². The number of methoxy groups -OCH3 is 2. The van der Waals surface area contributed by atoms with Gasteiger partial charge in [0, 0.05) is 19.1 Å². The van der Waals surface area contributed by atoms with Gasteiger partial charge in [-0.05, 0) is 13.3 Å². The van der Waals surface area contributed by atoms with E-state index in [0.717, 1.165) is 24.4 Å². The molecule has 0 aromatic rings. The van der Waals surface area contributed by atoms with Crippen molar-refractivity contribution in [2.24, 2.45) is 5.73 Å². The Morgan fingerprint density at radius 1 is 1.29 bits per heavy atom. The summed E-state index contributed by atoms with van der Waals surface area (Å²) in [6.07, 6.45) is 4.35. The Labute approximate surface area is 103 Å². The van der Waals surface area contributed by atoms with E-state index in [2.05, 4.69) is 6.92 Å². The van der Waals surface area contributed by atoms with Gasteiger partial charge in [-0.2, -0.15) is 0 Å². The molecule has 0 aromatic carbocycles. The molecule has 1 aliphatic rings. The van der Waals surface area contributed by atoms with E-state index in [1.165, 1.54) is 0 Å². The predicted molar refractivity (Wildman–Crippen MR) is 67.2 cm³/mol. The zero-order chi connectivity index (χ0) is 12.9. The lowest BCUT2D eigenvalue weighted by molar-refractivity contribution is -0.0595. The van der Waals surface area contributed by atoms with Crippen LogP contribution < -0.4 is 5.73 Å². The number of ether oxygens (including phenoxy) is 3. The molecule has 4 heteroatoms. The Morgan fingerprint density at radius 3 is 2.47 bits per heavy atom. The minimum absolute atomic E-state index is 0.424. The molecule has 0 saturated heterocycles. The number of allylic oxidation sites excluding steroid dienone is 1. The second-order valence-electron chi connectivity index (χ2n) is 4.15. The second-order valence-corrected chi connectivity index (χ2v) is 4.15. The quantitative estimate of drug-likeness (QED) is 0.775. The van der Waals surface area contributed by atoms with Gasteiger partial charge in [0.2, 0.25) is 0 Å². The Kier molecular flexibility index (Phi) is 4.87. The standard InChI is InChI=1S/C13H23NO3/c1-5-7-13(17-6-2)9-11(15-3)10(14)8-12(13)16-4/h8H,5-7,9,14H2,1-4H3. The fourth-order valence-electron chi connectivity index (χ4n) is 2.32. The number of nitrogens with two attached hydrogens (primary N) is 1. The van der Waals surface area contributed by atoms with Crippen LogP contribution in [0.5, 0.6) is 0 Å². The molecule has 1 aliphatic carbocycles. The van der Waals surface area contributed by atoms with Crippen LogP contribution in [0.2, 0.25) is 0 Å². The first kappa shape index (κ1) is 13.9. The van der Waals surface area contributed by atoms with Crippen molar-refractivity contribution in [2.45, 2.75) is 38.7 Å². The first-order valence-electron chi connectivity index (χ1n) is 6.06. The number of rotatable bonds is 6. The van der Waals surface area contributed by atoms with Gasteiger partial charge in [-0.25, -0.2) is 0 Å². The van der Waals surface area contributed by atoms with Crippen LogP contribution in [0.1, 0.15) is 33.1 Å². The molecule has 4 nitrogen and oxygen atoms in total. The predicted octanol–water partition coefficient (Wildman–Crippen LogP) is 2.31. The minimum Gasteiger partial charge on any atom is -0.499 e. The zero-order valence-corrected chi connectivity index (χ0v) is 11.2. The van der Waals surface area contributed by atoms with E-state index in [1.54, 1.807) is 14.2 Å². The van der Waals surface area contributed by atoms with E-state index in [0.29, 0.717) is 18.7 Å². The molecule has 0 fully saturated rings. The van der Waals surface area contributed by atoms with Gasteiger partial charge in [0.25, 0.3) is 0 Å². The van der Waals surface area contributed by atoms with E-state index in [9.17, 15) is 0 Å². The lowest BCUT2D eigenvalue weighted by atomic mass is 9.86. The Morgan fingerprint density at radius 2 is 2.00 bits per heavy atom. The summed E-state index contributed by atoms with van der Waals surface area (Å²) in [6, 6.07) is 0. The molecule has 0 aromatic heterocycles. The molecular formula is C13H23NO3. The molecule has 1 unspecified atom stereocenters. The smallest absolute Gasteiger partial charge is 0.132 e. The van der Waals surface area contributed by atoms with Crippen LogP contribution in [-0.2, 0) is 14.2 Å². The van der Waals surface area contributed by atoms with Crippen LogP contribution in [0.3, 0.4) is 0 Å². The summed E-state index contributed by atoms with van der Waals surface area (Å²) in [5, 5.41) is 0. The van der Waals surface area contributed by atoms with E-state index in [-0.39, 0.29) is 0 Å².